The Morgan fingerprint density at radius 1 is 1.12 bits per heavy atom. The minimum Gasteiger partial charge on any atom is -0.396 e. The van der Waals surface area contributed by atoms with E-state index in [9.17, 15) is 8.42 Å². The number of hydrogen-bond acceptors (Lipinski definition) is 5. The molecule has 1 aliphatic heterocycles. The van der Waals surface area contributed by atoms with Gasteiger partial charge < -0.3 is 11.1 Å². The van der Waals surface area contributed by atoms with Gasteiger partial charge in [0, 0.05) is 5.39 Å². The zero-order valence-electron chi connectivity index (χ0n) is 14.2. The Balaban J connectivity index is 1.69. The van der Waals surface area contributed by atoms with Crippen LogP contribution in [-0.4, -0.2) is 19.2 Å². The summed E-state index contributed by atoms with van der Waals surface area (Å²) in [7, 11) is -3.20. The highest BCUT2D eigenvalue weighted by atomic mass is 32.2. The Kier molecular flexibility index (Phi) is 3.28. The molecular weight excluding hydrogens is 346 g/mol. The molecule has 1 atom stereocenters. The van der Waals surface area contributed by atoms with Crippen molar-refractivity contribution in [3.8, 4) is 0 Å². The van der Waals surface area contributed by atoms with E-state index < -0.39 is 9.84 Å². The number of hydrogen-bond donors (Lipinski definition) is 2. The van der Waals surface area contributed by atoms with Gasteiger partial charge in [-0.1, -0.05) is 24.3 Å². The number of nitrogens with two attached hydrogens (primary N) is 1. The predicted octanol–water partition coefficient (Wildman–Crippen LogP) is 3.25. The molecule has 0 saturated carbocycles. The van der Waals surface area contributed by atoms with Gasteiger partial charge in [0.15, 0.2) is 9.84 Å². The molecule has 0 spiro atoms. The molecule has 132 valence electrons. The average molecular weight is 365 g/mol. The summed E-state index contributed by atoms with van der Waals surface area (Å²) in [6, 6.07) is 12.1. The van der Waals surface area contributed by atoms with Crippen molar-refractivity contribution >= 4 is 32.1 Å². The maximum atomic E-state index is 12.3. The molecule has 0 fully saturated rings. The van der Waals surface area contributed by atoms with Crippen LogP contribution in [0, 0.1) is 0 Å². The third-order valence-corrected chi connectivity index (χ3v) is 7.33. The summed E-state index contributed by atoms with van der Waals surface area (Å²) >= 11 is 0. The summed E-state index contributed by atoms with van der Waals surface area (Å²) < 4.78 is 24.7. The van der Waals surface area contributed by atoms with Gasteiger partial charge in [0.2, 0.25) is 0 Å². The van der Waals surface area contributed by atoms with Gasteiger partial charge in [-0.05, 0) is 48.1 Å². The number of nitrogens with one attached hydrogen (secondary N) is 1. The van der Waals surface area contributed by atoms with Crippen LogP contribution in [-0.2, 0) is 22.7 Å². The first-order chi connectivity index (χ1) is 12.5. The van der Waals surface area contributed by atoms with E-state index in [1.807, 2.05) is 0 Å². The van der Waals surface area contributed by atoms with E-state index in [4.69, 9.17) is 5.73 Å². The number of nitrogen functional groups attached to an aromatic ring is 1. The lowest BCUT2D eigenvalue weighted by atomic mass is 10.0. The molecule has 0 unspecified atom stereocenters. The first-order valence-corrected chi connectivity index (χ1v) is 10.5. The van der Waals surface area contributed by atoms with Crippen LogP contribution in [0.2, 0.25) is 0 Å². The molecule has 5 nitrogen and oxygen atoms in total. The maximum absolute atomic E-state index is 12.3. The van der Waals surface area contributed by atoms with E-state index in [0.717, 1.165) is 35.0 Å². The average Bonchev–Trinajstić information content (AvgIpc) is 3.18. The first kappa shape index (κ1) is 15.6. The second-order valence-electron chi connectivity index (χ2n) is 7.03. The maximum Gasteiger partial charge on any atom is 0.179 e. The smallest absolute Gasteiger partial charge is 0.179 e. The lowest BCUT2D eigenvalue weighted by molar-refractivity contribution is 0.600. The van der Waals surface area contributed by atoms with Crippen molar-refractivity contribution < 1.29 is 8.42 Å². The lowest BCUT2D eigenvalue weighted by Gasteiger charge is -2.20. The van der Waals surface area contributed by atoms with Gasteiger partial charge >= 0.3 is 0 Å². The van der Waals surface area contributed by atoms with E-state index in [0.29, 0.717) is 17.0 Å². The van der Waals surface area contributed by atoms with E-state index in [-0.39, 0.29) is 11.8 Å². The molecular formula is C20H19N3O2S. The molecule has 3 aromatic rings. The standard InChI is InChI=1S/C20H19N3O2S/c21-15-11-22-17-7-8-18-14(9-10-26(18,24)25)19(17)20(15)23-16-6-5-12-3-1-2-4-13(12)16/h1-4,7-8,11,16H,5-6,9-10,21H2,(H,22,23)/t16-/m1/s1. The monoisotopic (exact) mass is 365 g/mol. The predicted molar refractivity (Wildman–Crippen MR) is 103 cm³/mol. The third-order valence-electron chi connectivity index (χ3n) is 5.54. The largest absolute Gasteiger partial charge is 0.396 e. The van der Waals surface area contributed by atoms with Gasteiger partial charge in [0.25, 0.3) is 0 Å². The van der Waals surface area contributed by atoms with Crippen molar-refractivity contribution in [1.29, 1.82) is 0 Å². The van der Waals surface area contributed by atoms with Crippen molar-refractivity contribution in [3.63, 3.8) is 0 Å². The lowest BCUT2D eigenvalue weighted by Crippen LogP contribution is -2.10. The highest BCUT2D eigenvalue weighted by Gasteiger charge is 2.30. The van der Waals surface area contributed by atoms with E-state index >= 15 is 0 Å². The Hall–Kier alpha value is -2.60. The van der Waals surface area contributed by atoms with Crippen LogP contribution in [0.25, 0.3) is 10.9 Å². The number of sulfone groups is 1. The van der Waals surface area contributed by atoms with Crippen LogP contribution in [0.4, 0.5) is 11.4 Å². The Morgan fingerprint density at radius 3 is 2.85 bits per heavy atom. The van der Waals surface area contributed by atoms with Crippen LogP contribution in [0.1, 0.15) is 29.2 Å². The third kappa shape index (κ3) is 2.22. The molecule has 1 aromatic heterocycles. The molecule has 3 N–H and O–H groups in total. The summed E-state index contributed by atoms with van der Waals surface area (Å²) in [5.74, 6) is 0.155. The Morgan fingerprint density at radius 2 is 1.96 bits per heavy atom. The molecule has 1 aliphatic carbocycles. The number of fused-ring (bicyclic) bond motifs is 4. The molecule has 0 radical (unpaired) electrons. The summed E-state index contributed by atoms with van der Waals surface area (Å²) in [4.78, 5) is 4.85. The zero-order valence-corrected chi connectivity index (χ0v) is 15.0. The van der Waals surface area contributed by atoms with E-state index in [1.165, 1.54) is 11.1 Å². The van der Waals surface area contributed by atoms with Gasteiger partial charge in [0.1, 0.15) is 0 Å². The highest BCUT2D eigenvalue weighted by Crippen LogP contribution is 2.41. The van der Waals surface area contributed by atoms with Gasteiger partial charge in [-0.25, -0.2) is 8.42 Å². The molecule has 0 saturated heterocycles. The van der Waals surface area contributed by atoms with Crippen molar-refractivity contribution in [2.24, 2.45) is 0 Å². The Labute approximate surface area is 152 Å². The molecule has 26 heavy (non-hydrogen) atoms. The minimum atomic E-state index is -3.20. The van der Waals surface area contributed by atoms with E-state index in [2.05, 4.69) is 34.6 Å². The summed E-state index contributed by atoms with van der Waals surface area (Å²) in [5.41, 5.74) is 11.9. The first-order valence-electron chi connectivity index (χ1n) is 8.82. The normalized spacial score (nSPS) is 20.1. The fourth-order valence-corrected chi connectivity index (χ4v) is 5.82. The summed E-state index contributed by atoms with van der Waals surface area (Å²) in [6.07, 6.45) is 4.19. The number of benzene rings is 2. The fourth-order valence-electron chi connectivity index (χ4n) is 4.27. The van der Waals surface area contributed by atoms with Crippen LogP contribution >= 0.6 is 0 Å². The zero-order chi connectivity index (χ0) is 17.9. The van der Waals surface area contributed by atoms with Crippen molar-refractivity contribution in [1.82, 2.24) is 4.98 Å². The summed E-state index contributed by atoms with van der Waals surface area (Å²) in [5, 5.41) is 4.46. The topological polar surface area (TPSA) is 85.1 Å². The SMILES string of the molecule is Nc1cnc2ccc3c(c2c1N[C@@H]1CCc2ccccc21)CCS3(=O)=O. The molecule has 2 aliphatic rings. The number of anilines is 2. The second kappa shape index (κ2) is 5.45. The van der Waals surface area contributed by atoms with Crippen LogP contribution in [0.5, 0.6) is 0 Å². The molecule has 2 aromatic carbocycles. The second-order valence-corrected chi connectivity index (χ2v) is 9.11. The fraction of sp³-hybridized carbons (Fsp3) is 0.250. The van der Waals surface area contributed by atoms with E-state index in [1.54, 1.807) is 18.3 Å². The van der Waals surface area contributed by atoms with Crippen molar-refractivity contribution in [3.05, 3.63) is 59.3 Å². The molecule has 6 heteroatoms. The van der Waals surface area contributed by atoms with Gasteiger partial charge in [-0.3, -0.25) is 4.98 Å². The van der Waals surface area contributed by atoms with Gasteiger partial charge in [0.05, 0.1) is 39.8 Å². The Bertz CT molecular complexity index is 1160. The van der Waals surface area contributed by atoms with Crippen LogP contribution in [0.3, 0.4) is 0 Å². The quantitative estimate of drug-likeness (QED) is 0.728. The number of nitrogens with zero attached hydrogens (tertiary/aromatic N) is 1. The number of aryl methyl sites for hydroxylation is 2. The number of aromatic nitrogens is 1. The number of pyridine rings is 1. The number of rotatable bonds is 2. The molecule has 0 amide bonds. The van der Waals surface area contributed by atoms with Crippen LogP contribution in [0.15, 0.2) is 47.5 Å². The minimum absolute atomic E-state index is 0.155. The molecule has 5 rings (SSSR count). The summed E-state index contributed by atoms with van der Waals surface area (Å²) in [6.45, 7) is 0. The van der Waals surface area contributed by atoms with Crippen molar-refractivity contribution in [2.75, 3.05) is 16.8 Å². The van der Waals surface area contributed by atoms with Crippen LogP contribution < -0.4 is 11.1 Å². The molecule has 0 bridgehead atoms. The van der Waals surface area contributed by atoms with Gasteiger partial charge in [-0.15, -0.1) is 0 Å². The van der Waals surface area contributed by atoms with Gasteiger partial charge in [-0.2, -0.15) is 0 Å². The van der Waals surface area contributed by atoms with Crippen molar-refractivity contribution in [2.45, 2.75) is 30.2 Å². The highest BCUT2D eigenvalue weighted by molar-refractivity contribution is 7.91. The molecule has 2 heterocycles.